The van der Waals surface area contributed by atoms with Crippen LogP contribution in [0.3, 0.4) is 0 Å². The predicted molar refractivity (Wildman–Crippen MR) is 99.7 cm³/mol. The number of hydrogen-bond donors (Lipinski definition) is 1. The fraction of sp³-hybridized carbons (Fsp3) is 0.150. The van der Waals surface area contributed by atoms with Gasteiger partial charge in [0.15, 0.2) is 0 Å². The summed E-state index contributed by atoms with van der Waals surface area (Å²) in [5.74, 6) is 0.883. The first-order valence-electron chi connectivity index (χ1n) is 7.82. The van der Waals surface area contributed by atoms with Gasteiger partial charge in [0.05, 0.1) is 17.3 Å². The Morgan fingerprint density at radius 1 is 1.12 bits per heavy atom. The van der Waals surface area contributed by atoms with E-state index in [0.29, 0.717) is 6.42 Å². The Morgan fingerprint density at radius 2 is 1.96 bits per heavy atom. The van der Waals surface area contributed by atoms with Gasteiger partial charge in [0.25, 0.3) is 0 Å². The van der Waals surface area contributed by atoms with Crippen LogP contribution in [0.2, 0.25) is 0 Å². The van der Waals surface area contributed by atoms with E-state index in [-0.39, 0.29) is 11.8 Å². The molecule has 0 saturated heterocycles. The van der Waals surface area contributed by atoms with Crippen molar-refractivity contribution in [2.45, 2.75) is 12.3 Å². The van der Waals surface area contributed by atoms with E-state index in [0.717, 1.165) is 37.8 Å². The molecule has 1 N–H and O–H groups in total. The lowest BCUT2D eigenvalue weighted by atomic mass is 9.83. The Kier molecular flexibility index (Phi) is 3.77. The highest BCUT2D eigenvalue weighted by Gasteiger charge is 2.28. The Bertz CT molecular complexity index is 952. The lowest BCUT2D eigenvalue weighted by molar-refractivity contribution is -0.116. The van der Waals surface area contributed by atoms with E-state index in [2.05, 4.69) is 45.5 Å². The van der Waals surface area contributed by atoms with Crippen molar-refractivity contribution in [3.8, 4) is 5.75 Å². The molecule has 3 aromatic carbocycles. The molecule has 1 amide bonds. The van der Waals surface area contributed by atoms with E-state index in [9.17, 15) is 4.79 Å². The van der Waals surface area contributed by atoms with Crippen molar-refractivity contribution in [1.82, 2.24) is 0 Å². The van der Waals surface area contributed by atoms with Crippen LogP contribution in [0.1, 0.15) is 23.5 Å². The van der Waals surface area contributed by atoms with Gasteiger partial charge in [-0.1, -0.05) is 42.5 Å². The van der Waals surface area contributed by atoms with Crippen LogP contribution >= 0.6 is 15.9 Å². The van der Waals surface area contributed by atoms with Gasteiger partial charge in [-0.15, -0.1) is 0 Å². The summed E-state index contributed by atoms with van der Waals surface area (Å²) in [5.41, 5.74) is 3.20. The van der Waals surface area contributed by atoms with Gasteiger partial charge in [-0.25, -0.2) is 0 Å². The number of nitrogens with one attached hydrogen (secondary N) is 1. The third-order valence-electron chi connectivity index (χ3n) is 4.57. The summed E-state index contributed by atoms with van der Waals surface area (Å²) in [7, 11) is 1.65. The Morgan fingerprint density at radius 3 is 2.75 bits per heavy atom. The van der Waals surface area contributed by atoms with Crippen molar-refractivity contribution in [1.29, 1.82) is 0 Å². The Hall–Kier alpha value is -2.33. The number of carbonyl (C=O) groups excluding carboxylic acids is 1. The van der Waals surface area contributed by atoms with E-state index in [1.165, 1.54) is 0 Å². The summed E-state index contributed by atoms with van der Waals surface area (Å²) in [6, 6.07) is 18.4. The molecule has 1 aliphatic heterocycles. The largest absolute Gasteiger partial charge is 0.496 e. The van der Waals surface area contributed by atoms with Gasteiger partial charge in [0, 0.05) is 17.7 Å². The molecular formula is C20H16BrNO2. The molecule has 0 aromatic heterocycles. The first kappa shape index (κ1) is 15.2. The van der Waals surface area contributed by atoms with Crippen LogP contribution in [0.4, 0.5) is 5.69 Å². The molecule has 1 atom stereocenters. The number of hydrogen-bond acceptors (Lipinski definition) is 2. The second-order valence-electron chi connectivity index (χ2n) is 5.95. The van der Waals surface area contributed by atoms with Gasteiger partial charge in [-0.05, 0) is 44.6 Å². The summed E-state index contributed by atoms with van der Waals surface area (Å²) in [4.78, 5) is 12.3. The third-order valence-corrected chi connectivity index (χ3v) is 5.19. The minimum atomic E-state index is 0.0422. The normalized spacial score (nSPS) is 16.6. The second kappa shape index (κ2) is 5.95. The summed E-state index contributed by atoms with van der Waals surface area (Å²) in [6.07, 6.45) is 0.449. The molecule has 0 bridgehead atoms. The molecule has 0 fully saturated rings. The number of benzene rings is 3. The molecule has 1 heterocycles. The highest BCUT2D eigenvalue weighted by atomic mass is 79.9. The second-order valence-corrected chi connectivity index (χ2v) is 6.80. The van der Waals surface area contributed by atoms with Crippen LogP contribution in [-0.4, -0.2) is 13.0 Å². The maximum absolute atomic E-state index is 12.3. The van der Waals surface area contributed by atoms with E-state index < -0.39 is 0 Å². The van der Waals surface area contributed by atoms with Crippen molar-refractivity contribution >= 4 is 38.3 Å². The highest BCUT2D eigenvalue weighted by Crippen LogP contribution is 2.42. The average Bonchev–Trinajstić information content (AvgIpc) is 2.61. The van der Waals surface area contributed by atoms with Crippen LogP contribution in [-0.2, 0) is 4.79 Å². The number of halogens is 1. The first-order chi connectivity index (χ1) is 11.7. The zero-order chi connectivity index (χ0) is 16.7. The number of rotatable bonds is 2. The standard InChI is InChI=1S/C20H16BrNO2/c1-24-18-9-7-13(10-17(18)21)16-11-19(23)22-20-14-5-3-2-4-12(14)6-8-15(16)20/h2-10,16H,11H2,1H3,(H,22,23)/t16-/m1/s1. The van der Waals surface area contributed by atoms with Crippen molar-refractivity contribution in [2.75, 3.05) is 12.4 Å². The van der Waals surface area contributed by atoms with Crippen LogP contribution in [0.5, 0.6) is 5.75 Å². The Labute approximate surface area is 148 Å². The molecule has 3 nitrogen and oxygen atoms in total. The SMILES string of the molecule is COc1ccc([C@H]2CC(=O)Nc3c2ccc2ccccc32)cc1Br. The van der Waals surface area contributed by atoms with E-state index in [1.807, 2.05) is 30.3 Å². The average molecular weight is 382 g/mol. The molecule has 1 aliphatic rings. The van der Waals surface area contributed by atoms with Crippen LogP contribution in [0.25, 0.3) is 10.8 Å². The lowest BCUT2D eigenvalue weighted by Gasteiger charge is -2.27. The number of amides is 1. The lowest BCUT2D eigenvalue weighted by Crippen LogP contribution is -2.23. The zero-order valence-electron chi connectivity index (χ0n) is 13.2. The number of carbonyl (C=O) groups is 1. The van der Waals surface area contributed by atoms with Gasteiger partial charge >= 0.3 is 0 Å². The van der Waals surface area contributed by atoms with Gasteiger partial charge in [-0.2, -0.15) is 0 Å². The minimum absolute atomic E-state index is 0.0422. The first-order valence-corrected chi connectivity index (χ1v) is 8.61. The molecule has 0 saturated carbocycles. The molecular weight excluding hydrogens is 366 g/mol. The van der Waals surface area contributed by atoms with Gasteiger partial charge < -0.3 is 10.1 Å². The van der Waals surface area contributed by atoms with Crippen LogP contribution in [0, 0.1) is 0 Å². The number of fused-ring (bicyclic) bond motifs is 3. The van der Waals surface area contributed by atoms with Crippen molar-refractivity contribution in [3.05, 3.63) is 70.2 Å². The van der Waals surface area contributed by atoms with Crippen molar-refractivity contribution in [2.24, 2.45) is 0 Å². The van der Waals surface area contributed by atoms with Crippen molar-refractivity contribution in [3.63, 3.8) is 0 Å². The zero-order valence-corrected chi connectivity index (χ0v) is 14.8. The number of methoxy groups -OCH3 is 1. The maximum atomic E-state index is 12.3. The maximum Gasteiger partial charge on any atom is 0.225 e. The molecule has 120 valence electrons. The third kappa shape index (κ3) is 2.47. The molecule has 0 radical (unpaired) electrons. The molecule has 3 aromatic rings. The summed E-state index contributed by atoms with van der Waals surface area (Å²) in [6.45, 7) is 0. The summed E-state index contributed by atoms with van der Waals surface area (Å²) >= 11 is 3.54. The number of anilines is 1. The van der Waals surface area contributed by atoms with Gasteiger partial charge in [0.2, 0.25) is 5.91 Å². The number of ether oxygens (including phenoxy) is 1. The topological polar surface area (TPSA) is 38.3 Å². The highest BCUT2D eigenvalue weighted by molar-refractivity contribution is 9.10. The molecule has 4 rings (SSSR count). The van der Waals surface area contributed by atoms with Gasteiger partial charge in [0.1, 0.15) is 5.75 Å². The molecule has 0 aliphatic carbocycles. The Balaban J connectivity index is 1.89. The van der Waals surface area contributed by atoms with Crippen molar-refractivity contribution < 1.29 is 9.53 Å². The fourth-order valence-corrected chi connectivity index (χ4v) is 3.96. The monoisotopic (exact) mass is 381 g/mol. The predicted octanol–water partition coefficient (Wildman–Crippen LogP) is 5.09. The minimum Gasteiger partial charge on any atom is -0.496 e. The van der Waals surface area contributed by atoms with E-state index in [4.69, 9.17) is 4.74 Å². The molecule has 0 unspecified atom stereocenters. The van der Waals surface area contributed by atoms with Crippen LogP contribution < -0.4 is 10.1 Å². The van der Waals surface area contributed by atoms with E-state index in [1.54, 1.807) is 7.11 Å². The quantitative estimate of drug-likeness (QED) is 0.671. The molecule has 4 heteroatoms. The molecule has 24 heavy (non-hydrogen) atoms. The van der Waals surface area contributed by atoms with Gasteiger partial charge in [-0.3, -0.25) is 4.79 Å². The fourth-order valence-electron chi connectivity index (χ4n) is 3.40. The summed E-state index contributed by atoms with van der Waals surface area (Å²) < 4.78 is 6.21. The summed E-state index contributed by atoms with van der Waals surface area (Å²) in [5, 5.41) is 5.28. The molecule has 0 spiro atoms. The smallest absolute Gasteiger partial charge is 0.225 e. The van der Waals surface area contributed by atoms with Crippen LogP contribution in [0.15, 0.2) is 59.1 Å². The van der Waals surface area contributed by atoms with E-state index >= 15 is 0 Å².